The lowest BCUT2D eigenvalue weighted by Crippen LogP contribution is -2.00. The number of H-pyrrole nitrogens is 2. The lowest BCUT2D eigenvalue weighted by molar-refractivity contribution is -0.120. The van der Waals surface area contributed by atoms with Crippen LogP contribution < -0.4 is 50.6 Å². The molecule has 0 saturated carbocycles. The molecule has 13 aromatic rings. The van der Waals surface area contributed by atoms with Crippen LogP contribution in [0, 0.1) is 0 Å². The molecule has 2 aliphatic rings. The fourth-order valence-corrected chi connectivity index (χ4v) is 11.2. The molecule has 2 aliphatic heterocycles. The van der Waals surface area contributed by atoms with Gasteiger partial charge in [0.15, 0.2) is 0 Å². The number of aromatic amines is 2. The van der Waals surface area contributed by atoms with E-state index in [0.29, 0.717) is 45.5 Å². The number of carboxylic acid groups (broad SMARTS) is 1. The van der Waals surface area contributed by atoms with E-state index in [1.807, 2.05) is 60.7 Å². The highest BCUT2D eigenvalue weighted by Gasteiger charge is 2.21. The number of hydrogen-bond acceptors (Lipinski definition) is 15. The number of nitrogen functional groups attached to an aromatic ring is 8. The summed E-state index contributed by atoms with van der Waals surface area (Å²) in [6.45, 7) is 0.251. The van der Waals surface area contributed by atoms with Crippen LogP contribution in [0.4, 0.5) is 56.9 Å². The van der Waals surface area contributed by atoms with Crippen LogP contribution in [0.1, 0.15) is 32.6 Å². The minimum atomic E-state index is -1.05. The molecule has 0 radical (unpaired) electrons. The van der Waals surface area contributed by atoms with Crippen LogP contribution in [-0.4, -0.2) is 48.9 Å². The van der Waals surface area contributed by atoms with Crippen molar-refractivity contribution < 1.29 is 19.4 Å². The molecule has 0 atom stereocenters. The number of nitrogens with two attached hydrogens (primary N) is 8. The number of nitrogens with one attached hydrogen (secondary N) is 2. The highest BCUT2D eigenvalue weighted by Crippen LogP contribution is 2.38. The molecule has 0 fully saturated rings. The van der Waals surface area contributed by atoms with Gasteiger partial charge in [-0.15, -0.1) is 0 Å². The van der Waals surface area contributed by atoms with Gasteiger partial charge < -0.3 is 65.7 Å². The minimum absolute atomic E-state index is 0.0920. The first kappa shape index (κ1) is 58.1. The summed E-state index contributed by atoms with van der Waals surface area (Å²) in [5.41, 5.74) is 74.2. The molecule has 2 aromatic heterocycles. The second-order valence-electron chi connectivity index (χ2n) is 22.4. The molecule has 0 amide bonds. The molecule has 0 bridgehead atoms. The number of carbonyl (C=O) groups is 2. The van der Waals surface area contributed by atoms with E-state index in [2.05, 4.69) is 136 Å². The molecule has 19 N–H and O–H groups in total. The highest BCUT2D eigenvalue weighted by molar-refractivity contribution is 6.08. The Balaban J connectivity index is 0.000000227. The molecule has 0 unspecified atom stereocenters. The third kappa shape index (κ3) is 12.1. The third-order valence-corrected chi connectivity index (χ3v) is 16.2. The van der Waals surface area contributed by atoms with Gasteiger partial charge in [-0.3, -0.25) is 14.8 Å². The quantitative estimate of drug-likeness (QED) is 0.0424. The SMILES string of the molecule is Nc1ccc(-c2ccc(N)c(N)c2)cc1N.Nc1ccc(-c2ccc3c(c2)CC(c2cccc(-c4nc5cc(-c6ccc7c(c6)CC(c6cccc(-c8nc9cc(-c%10ccc(N)c(N)c%10)ccc9[nH]8)c6)=N7)ccc5[nH]4)c2)=N3)cc1N.O=COc1cccc(C(=O)O)c1. The van der Waals surface area contributed by atoms with Crippen LogP contribution in [0.2, 0.25) is 0 Å². The molecule has 11 aromatic carbocycles. The van der Waals surface area contributed by atoms with Crippen LogP contribution in [0.25, 0.3) is 89.4 Å². The molecule has 450 valence electrons. The molecular formula is C74H60N14O4. The van der Waals surface area contributed by atoms with Gasteiger partial charge >= 0.3 is 5.97 Å². The van der Waals surface area contributed by atoms with Crippen molar-refractivity contribution in [2.45, 2.75) is 12.8 Å². The van der Waals surface area contributed by atoms with Crippen LogP contribution in [0.15, 0.2) is 228 Å². The average Bonchev–Trinajstić information content (AvgIpc) is 1.75. The van der Waals surface area contributed by atoms with Crippen molar-refractivity contribution in [2.75, 3.05) is 45.9 Å². The molecule has 18 heteroatoms. The van der Waals surface area contributed by atoms with E-state index in [0.717, 1.165) is 136 Å². The predicted molar refractivity (Wildman–Crippen MR) is 373 cm³/mol. The minimum Gasteiger partial charge on any atom is -0.478 e. The Morgan fingerprint density at radius 2 is 0.739 bits per heavy atom. The number of ether oxygens (including phenoxy) is 1. The Labute approximate surface area is 527 Å². The molecule has 15 rings (SSSR count). The molecule has 92 heavy (non-hydrogen) atoms. The van der Waals surface area contributed by atoms with Gasteiger partial charge in [0, 0.05) is 24.0 Å². The topological polar surface area (TPSA) is 354 Å². The maximum Gasteiger partial charge on any atom is 0.335 e. The van der Waals surface area contributed by atoms with Gasteiger partial charge in [-0.25, -0.2) is 14.8 Å². The second kappa shape index (κ2) is 24.3. The normalized spacial score (nSPS) is 12.0. The van der Waals surface area contributed by atoms with Crippen molar-refractivity contribution in [3.05, 3.63) is 246 Å². The summed E-state index contributed by atoms with van der Waals surface area (Å²) >= 11 is 0. The first-order valence-corrected chi connectivity index (χ1v) is 29.2. The Morgan fingerprint density at radius 1 is 0.380 bits per heavy atom. The molecule has 0 spiro atoms. The van der Waals surface area contributed by atoms with Gasteiger partial charge in [0.25, 0.3) is 6.47 Å². The predicted octanol–water partition coefficient (Wildman–Crippen LogP) is 14.1. The monoisotopic (exact) mass is 1210 g/mol. The lowest BCUT2D eigenvalue weighted by atomic mass is 9.98. The van der Waals surface area contributed by atoms with Crippen molar-refractivity contribution in [2.24, 2.45) is 9.98 Å². The number of aliphatic imine (C=N–C) groups is 2. The van der Waals surface area contributed by atoms with E-state index in [-0.39, 0.29) is 17.8 Å². The smallest absolute Gasteiger partial charge is 0.335 e. The standard InChI is InChI=1S/C54H40N10.C12H14N4.C8H6O4/c55-41-13-7-31(23-43(41)57)29-9-15-45-39(19-29)27-49(59-45)35-3-1-5-37(21-35)53-61-47-17-11-33(25-51(47)63-53)30-10-16-46-40(20-30)28-50(60-46)36-4-2-6-38(22-36)54-62-48-18-12-34(26-52(48)64-54)32-8-14-42(56)44(58)24-32;13-9-3-1-7(5-11(9)15)8-2-4-10(14)12(16)6-8;9-5-12-7-3-1-2-6(4-7)8(10)11/h1-26H,27-28,55-58H2,(H,61,63)(H,62,64);1-6H,13-16H2;1-5H,(H,10,11). The highest BCUT2D eigenvalue weighted by atomic mass is 16.5. The zero-order valence-electron chi connectivity index (χ0n) is 49.4. The Kier molecular flexibility index (Phi) is 15.3. The molecular weight excluding hydrogens is 1150 g/mol. The summed E-state index contributed by atoms with van der Waals surface area (Å²) in [6.07, 6.45) is 1.48. The number of benzene rings is 11. The molecule has 0 saturated heterocycles. The van der Waals surface area contributed by atoms with Crippen LogP contribution in [0.3, 0.4) is 0 Å². The largest absolute Gasteiger partial charge is 0.478 e. The molecule has 18 nitrogen and oxygen atoms in total. The summed E-state index contributed by atoms with van der Waals surface area (Å²) in [4.78, 5) is 47.5. The number of aromatic carboxylic acids is 1. The van der Waals surface area contributed by atoms with Crippen molar-refractivity contribution in [3.8, 4) is 73.0 Å². The van der Waals surface area contributed by atoms with Crippen molar-refractivity contribution in [1.82, 2.24) is 19.9 Å². The number of hydrogen-bond donors (Lipinski definition) is 11. The van der Waals surface area contributed by atoms with E-state index in [9.17, 15) is 9.59 Å². The van der Waals surface area contributed by atoms with Crippen molar-refractivity contribution >= 4 is 103 Å². The van der Waals surface area contributed by atoms with Gasteiger partial charge in [0.05, 0.1) is 95.9 Å². The fraction of sp³-hybridized carbons (Fsp3) is 0.0270. The van der Waals surface area contributed by atoms with E-state index in [1.54, 1.807) is 12.1 Å². The summed E-state index contributed by atoms with van der Waals surface area (Å²) in [7, 11) is 0. The van der Waals surface area contributed by atoms with Gasteiger partial charge in [0.2, 0.25) is 0 Å². The first-order chi connectivity index (χ1) is 44.6. The zero-order chi connectivity index (χ0) is 63.7. The van der Waals surface area contributed by atoms with Gasteiger partial charge in [-0.1, -0.05) is 91.0 Å². The Bertz CT molecular complexity index is 5110. The zero-order valence-corrected chi connectivity index (χ0v) is 49.4. The fourth-order valence-electron chi connectivity index (χ4n) is 11.2. The number of imidazole rings is 2. The number of carboxylic acids is 1. The van der Waals surface area contributed by atoms with Crippen molar-refractivity contribution in [3.63, 3.8) is 0 Å². The molecule has 0 aliphatic carbocycles. The number of aromatic nitrogens is 4. The summed E-state index contributed by atoms with van der Waals surface area (Å²) < 4.78 is 4.45. The number of carbonyl (C=O) groups excluding carboxylic acids is 1. The summed E-state index contributed by atoms with van der Waals surface area (Å²) in [6, 6.07) is 70.6. The average molecular weight is 1210 g/mol. The Morgan fingerprint density at radius 3 is 1.13 bits per heavy atom. The van der Waals surface area contributed by atoms with Crippen molar-refractivity contribution in [1.29, 1.82) is 0 Å². The van der Waals surface area contributed by atoms with E-state index < -0.39 is 5.97 Å². The number of nitrogens with zero attached hydrogens (tertiary/aromatic N) is 4. The molecule has 4 heterocycles. The number of anilines is 8. The van der Waals surface area contributed by atoms with Gasteiger partial charge in [-0.2, -0.15) is 0 Å². The van der Waals surface area contributed by atoms with Crippen LogP contribution in [0.5, 0.6) is 5.75 Å². The third-order valence-electron chi connectivity index (χ3n) is 16.2. The number of fused-ring (bicyclic) bond motifs is 4. The van der Waals surface area contributed by atoms with Gasteiger partial charge in [-0.05, 0) is 194 Å². The van der Waals surface area contributed by atoms with Crippen LogP contribution in [-0.2, 0) is 17.6 Å². The maximum absolute atomic E-state index is 10.4. The Hall–Kier alpha value is -13.0. The summed E-state index contributed by atoms with van der Waals surface area (Å²) in [5, 5.41) is 8.53. The van der Waals surface area contributed by atoms with E-state index in [4.69, 9.17) is 70.9 Å². The van der Waals surface area contributed by atoms with E-state index in [1.165, 1.54) is 35.4 Å². The second-order valence-corrected chi connectivity index (χ2v) is 22.4. The number of rotatable bonds is 11. The summed E-state index contributed by atoms with van der Waals surface area (Å²) in [5.74, 6) is 0.801. The first-order valence-electron chi connectivity index (χ1n) is 29.2. The lowest BCUT2D eigenvalue weighted by Gasteiger charge is -2.07. The van der Waals surface area contributed by atoms with Gasteiger partial charge in [0.1, 0.15) is 17.4 Å². The maximum atomic E-state index is 10.4. The van der Waals surface area contributed by atoms with Crippen LogP contribution >= 0.6 is 0 Å². The van der Waals surface area contributed by atoms with E-state index >= 15 is 0 Å².